The second kappa shape index (κ2) is 7.53. The summed E-state index contributed by atoms with van der Waals surface area (Å²) in [6, 6.07) is 10.8. The number of nitrogens with zero attached hydrogens (tertiary/aromatic N) is 3. The van der Waals surface area contributed by atoms with E-state index in [9.17, 15) is 9.59 Å². The summed E-state index contributed by atoms with van der Waals surface area (Å²) in [5, 5.41) is 5.52. The highest BCUT2D eigenvalue weighted by Gasteiger charge is 2.18. The molecule has 0 saturated heterocycles. The standard InChI is InChI=1S/C19H16N4O3S2/c1-11-20-17-16(14-7-4-8-27-14)22-19(25)23(18(17)28-11)10-15(24)21-12-5-3-6-13(9-12)26-2/h3-9H,10H2,1-2H3,(H,21,24). The maximum absolute atomic E-state index is 12.7. The smallest absolute Gasteiger partial charge is 0.349 e. The van der Waals surface area contributed by atoms with Gasteiger partial charge in [0.2, 0.25) is 5.91 Å². The number of thiophene rings is 1. The highest BCUT2D eigenvalue weighted by molar-refractivity contribution is 7.18. The summed E-state index contributed by atoms with van der Waals surface area (Å²) in [6.45, 7) is 1.72. The zero-order valence-electron chi connectivity index (χ0n) is 15.1. The third-order valence-corrected chi connectivity index (χ3v) is 5.90. The van der Waals surface area contributed by atoms with Gasteiger partial charge in [-0.15, -0.1) is 22.7 Å². The second-order valence-electron chi connectivity index (χ2n) is 5.97. The number of hydrogen-bond donors (Lipinski definition) is 1. The van der Waals surface area contributed by atoms with Gasteiger partial charge < -0.3 is 10.1 Å². The number of hydrogen-bond acceptors (Lipinski definition) is 7. The van der Waals surface area contributed by atoms with Crippen LogP contribution in [0, 0.1) is 6.92 Å². The monoisotopic (exact) mass is 412 g/mol. The number of nitrogens with one attached hydrogen (secondary N) is 1. The second-order valence-corrected chi connectivity index (χ2v) is 8.10. The van der Waals surface area contributed by atoms with Crippen LogP contribution in [-0.2, 0) is 11.3 Å². The zero-order chi connectivity index (χ0) is 19.7. The lowest BCUT2D eigenvalue weighted by molar-refractivity contribution is -0.116. The Morgan fingerprint density at radius 2 is 2.11 bits per heavy atom. The van der Waals surface area contributed by atoms with E-state index in [0.717, 1.165) is 9.88 Å². The molecule has 0 fully saturated rings. The molecule has 4 aromatic rings. The topological polar surface area (TPSA) is 86.1 Å². The van der Waals surface area contributed by atoms with Crippen LogP contribution in [0.1, 0.15) is 5.01 Å². The van der Waals surface area contributed by atoms with Gasteiger partial charge in [0.25, 0.3) is 0 Å². The van der Waals surface area contributed by atoms with Crippen LogP contribution in [0.2, 0.25) is 0 Å². The molecule has 1 amide bonds. The highest BCUT2D eigenvalue weighted by Crippen LogP contribution is 2.31. The number of rotatable bonds is 5. The summed E-state index contributed by atoms with van der Waals surface area (Å²) in [5.74, 6) is 0.311. The normalized spacial score (nSPS) is 10.9. The number of fused-ring (bicyclic) bond motifs is 1. The summed E-state index contributed by atoms with van der Waals surface area (Å²) in [5.41, 5.74) is 1.32. The molecule has 0 saturated carbocycles. The number of aromatic nitrogens is 3. The number of thiazole rings is 1. The number of benzene rings is 1. The Labute approximate surface area is 168 Å². The molecule has 0 atom stereocenters. The molecule has 142 valence electrons. The van der Waals surface area contributed by atoms with E-state index < -0.39 is 5.69 Å². The third kappa shape index (κ3) is 3.54. The first kappa shape index (κ1) is 18.3. The molecule has 0 radical (unpaired) electrons. The van der Waals surface area contributed by atoms with Crippen molar-refractivity contribution in [2.24, 2.45) is 0 Å². The highest BCUT2D eigenvalue weighted by atomic mass is 32.1. The minimum atomic E-state index is -0.472. The number of carbonyl (C=O) groups is 1. The summed E-state index contributed by atoms with van der Waals surface area (Å²) < 4.78 is 6.53. The molecule has 3 aromatic heterocycles. The van der Waals surface area contributed by atoms with Crippen molar-refractivity contribution < 1.29 is 9.53 Å². The van der Waals surface area contributed by atoms with Crippen LogP contribution in [0.3, 0.4) is 0 Å². The molecule has 0 unspecified atom stereocenters. The first-order valence-electron chi connectivity index (χ1n) is 8.41. The van der Waals surface area contributed by atoms with Gasteiger partial charge in [-0.3, -0.25) is 9.36 Å². The van der Waals surface area contributed by atoms with Crippen LogP contribution in [0.5, 0.6) is 5.75 Å². The Balaban J connectivity index is 1.69. The van der Waals surface area contributed by atoms with Crippen LogP contribution < -0.4 is 15.7 Å². The van der Waals surface area contributed by atoms with Crippen LogP contribution in [0.4, 0.5) is 5.69 Å². The average Bonchev–Trinajstić information content (AvgIpc) is 3.33. The fourth-order valence-electron chi connectivity index (χ4n) is 2.82. The predicted molar refractivity (Wildman–Crippen MR) is 111 cm³/mol. The first-order valence-corrected chi connectivity index (χ1v) is 10.1. The average molecular weight is 412 g/mol. The van der Waals surface area contributed by atoms with Gasteiger partial charge in [-0.2, -0.15) is 4.98 Å². The molecule has 1 N–H and O–H groups in total. The van der Waals surface area contributed by atoms with E-state index in [0.29, 0.717) is 27.5 Å². The van der Waals surface area contributed by atoms with Gasteiger partial charge in [-0.05, 0) is 30.5 Å². The van der Waals surface area contributed by atoms with E-state index in [2.05, 4.69) is 15.3 Å². The van der Waals surface area contributed by atoms with E-state index in [1.165, 1.54) is 27.2 Å². The maximum atomic E-state index is 12.7. The Morgan fingerprint density at radius 1 is 1.25 bits per heavy atom. The lowest BCUT2D eigenvalue weighted by atomic mass is 10.3. The van der Waals surface area contributed by atoms with Gasteiger partial charge in [0.1, 0.15) is 28.3 Å². The summed E-state index contributed by atoms with van der Waals surface area (Å²) in [6.07, 6.45) is 0. The summed E-state index contributed by atoms with van der Waals surface area (Å²) in [7, 11) is 1.56. The van der Waals surface area contributed by atoms with E-state index >= 15 is 0 Å². The Kier molecular flexibility index (Phi) is 4.93. The quantitative estimate of drug-likeness (QED) is 0.542. The van der Waals surface area contributed by atoms with Crippen molar-refractivity contribution in [3.8, 4) is 16.3 Å². The third-order valence-electron chi connectivity index (χ3n) is 4.03. The van der Waals surface area contributed by atoms with Gasteiger partial charge in [-0.25, -0.2) is 9.78 Å². The molecule has 0 aliphatic heterocycles. The molecule has 28 heavy (non-hydrogen) atoms. The lowest BCUT2D eigenvalue weighted by Gasteiger charge is -2.10. The molecule has 9 heteroatoms. The molecule has 0 bridgehead atoms. The Hall–Kier alpha value is -3.04. The molecule has 3 heterocycles. The van der Waals surface area contributed by atoms with Crippen LogP contribution in [0.25, 0.3) is 20.9 Å². The largest absolute Gasteiger partial charge is 0.497 e. The number of carbonyl (C=O) groups excluding carboxylic acids is 1. The van der Waals surface area contributed by atoms with Crippen LogP contribution in [0.15, 0.2) is 46.6 Å². The van der Waals surface area contributed by atoms with Crippen LogP contribution in [-0.4, -0.2) is 27.6 Å². The van der Waals surface area contributed by atoms with E-state index in [4.69, 9.17) is 4.74 Å². The molecule has 0 aliphatic carbocycles. The fraction of sp³-hybridized carbons (Fsp3) is 0.158. The van der Waals surface area contributed by atoms with Crippen molar-refractivity contribution in [1.82, 2.24) is 14.5 Å². The van der Waals surface area contributed by atoms with Crippen molar-refractivity contribution >= 4 is 44.6 Å². The SMILES string of the molecule is COc1cccc(NC(=O)Cn2c(=O)nc(-c3cccs3)c3nc(C)sc32)c1. The maximum Gasteiger partial charge on any atom is 0.349 e. The number of anilines is 1. The van der Waals surface area contributed by atoms with Crippen LogP contribution >= 0.6 is 22.7 Å². The van der Waals surface area contributed by atoms with Gasteiger partial charge in [0, 0.05) is 11.8 Å². The number of ether oxygens (including phenoxy) is 1. The Morgan fingerprint density at radius 3 is 2.86 bits per heavy atom. The minimum absolute atomic E-state index is 0.147. The van der Waals surface area contributed by atoms with Crippen molar-refractivity contribution in [2.75, 3.05) is 12.4 Å². The van der Waals surface area contributed by atoms with Gasteiger partial charge in [-0.1, -0.05) is 12.1 Å². The molecule has 0 spiro atoms. The van der Waals surface area contributed by atoms with Crippen molar-refractivity contribution in [3.63, 3.8) is 0 Å². The number of methoxy groups -OCH3 is 1. The number of amides is 1. The zero-order valence-corrected chi connectivity index (χ0v) is 16.8. The first-order chi connectivity index (χ1) is 13.5. The van der Waals surface area contributed by atoms with Crippen molar-refractivity contribution in [1.29, 1.82) is 0 Å². The molecular weight excluding hydrogens is 396 g/mol. The van der Waals surface area contributed by atoms with E-state index in [1.807, 2.05) is 24.4 Å². The van der Waals surface area contributed by atoms with Crippen molar-refractivity contribution in [3.05, 3.63) is 57.3 Å². The molecule has 1 aromatic carbocycles. The number of aryl methyl sites for hydroxylation is 1. The lowest BCUT2D eigenvalue weighted by Crippen LogP contribution is -2.29. The van der Waals surface area contributed by atoms with E-state index in [-0.39, 0.29) is 12.5 Å². The predicted octanol–water partition coefficient (Wildman–Crippen LogP) is 3.54. The van der Waals surface area contributed by atoms with Gasteiger partial charge in [0.15, 0.2) is 0 Å². The Bertz CT molecular complexity index is 1210. The summed E-state index contributed by atoms with van der Waals surface area (Å²) >= 11 is 2.87. The van der Waals surface area contributed by atoms with Gasteiger partial charge in [0.05, 0.1) is 17.0 Å². The molecule has 0 aliphatic rings. The van der Waals surface area contributed by atoms with Crippen molar-refractivity contribution in [2.45, 2.75) is 13.5 Å². The summed E-state index contributed by atoms with van der Waals surface area (Å²) in [4.78, 5) is 35.5. The molecule has 4 rings (SSSR count). The molecular formula is C19H16N4O3S2. The molecule has 7 nitrogen and oxygen atoms in total. The van der Waals surface area contributed by atoms with Gasteiger partial charge >= 0.3 is 5.69 Å². The minimum Gasteiger partial charge on any atom is -0.497 e. The van der Waals surface area contributed by atoms with E-state index in [1.54, 1.807) is 31.4 Å². The fourth-order valence-corrected chi connectivity index (χ4v) is 4.44.